The number of nitrogens with one attached hydrogen (secondary N) is 3. The minimum atomic E-state index is -0.145. The van der Waals surface area contributed by atoms with Crippen LogP contribution in [0.1, 0.15) is 18.1 Å². The summed E-state index contributed by atoms with van der Waals surface area (Å²) in [6.45, 7) is 2.05. The molecule has 0 fully saturated rings. The van der Waals surface area contributed by atoms with Crippen LogP contribution in [-0.4, -0.2) is 28.3 Å². The highest BCUT2D eigenvalue weighted by Gasteiger charge is 2.09. The van der Waals surface area contributed by atoms with Crippen LogP contribution in [0.3, 0.4) is 0 Å². The van der Waals surface area contributed by atoms with Gasteiger partial charge in [-0.25, -0.2) is 4.98 Å². The Labute approximate surface area is 166 Å². The summed E-state index contributed by atoms with van der Waals surface area (Å²) in [6, 6.07) is 13.9. The molecule has 2 aromatic carbocycles. The third kappa shape index (κ3) is 4.04. The summed E-state index contributed by atoms with van der Waals surface area (Å²) in [4.78, 5) is 31.1. The predicted octanol–water partition coefficient (Wildman–Crippen LogP) is 3.64. The van der Waals surface area contributed by atoms with E-state index in [0.29, 0.717) is 18.1 Å². The van der Waals surface area contributed by atoms with Crippen LogP contribution < -0.4 is 10.6 Å². The van der Waals surface area contributed by atoms with E-state index < -0.39 is 0 Å². The van der Waals surface area contributed by atoms with Crippen LogP contribution in [0, 0.1) is 0 Å². The average molecular weight is 392 g/mol. The zero-order valence-corrected chi connectivity index (χ0v) is 16.2. The first kappa shape index (κ1) is 18.2. The third-order valence-electron chi connectivity index (χ3n) is 4.49. The molecule has 0 aliphatic heterocycles. The fraction of sp³-hybridized carbons (Fsp3) is 0.190. The van der Waals surface area contributed by atoms with E-state index in [1.807, 2.05) is 42.6 Å². The predicted molar refractivity (Wildman–Crippen MR) is 113 cm³/mol. The summed E-state index contributed by atoms with van der Waals surface area (Å²) in [5, 5.41) is 7.46. The summed E-state index contributed by atoms with van der Waals surface area (Å²) in [5.41, 5.74) is 4.06. The Hall–Kier alpha value is -3.19. The second-order valence-corrected chi connectivity index (χ2v) is 7.67. The van der Waals surface area contributed by atoms with Gasteiger partial charge in [-0.2, -0.15) is 0 Å². The average Bonchev–Trinajstić information content (AvgIpc) is 3.24. The summed E-state index contributed by atoms with van der Waals surface area (Å²) in [6.07, 6.45) is 3.10. The van der Waals surface area contributed by atoms with Gasteiger partial charge < -0.3 is 15.6 Å². The molecule has 0 saturated heterocycles. The largest absolute Gasteiger partial charge is 0.361 e. The highest BCUT2D eigenvalue weighted by atomic mass is 32.1. The molecule has 7 heteroatoms. The lowest BCUT2D eigenvalue weighted by Gasteiger charge is -2.05. The van der Waals surface area contributed by atoms with Gasteiger partial charge in [0.1, 0.15) is 0 Å². The first-order chi connectivity index (χ1) is 13.6. The first-order valence-electron chi connectivity index (χ1n) is 9.07. The molecule has 0 atom stereocenters. The van der Waals surface area contributed by atoms with E-state index >= 15 is 0 Å². The maximum absolute atomic E-state index is 12.3. The normalized spacial score (nSPS) is 11.0. The number of hydrogen-bond donors (Lipinski definition) is 3. The topological polar surface area (TPSA) is 86.9 Å². The third-order valence-corrected chi connectivity index (χ3v) is 5.43. The molecule has 0 aliphatic carbocycles. The van der Waals surface area contributed by atoms with Gasteiger partial charge in [-0.15, -0.1) is 0 Å². The van der Waals surface area contributed by atoms with E-state index in [1.165, 1.54) is 29.2 Å². The molecule has 28 heavy (non-hydrogen) atoms. The van der Waals surface area contributed by atoms with Gasteiger partial charge in [0.15, 0.2) is 5.13 Å². The molecule has 0 radical (unpaired) electrons. The van der Waals surface area contributed by atoms with Crippen LogP contribution in [0.25, 0.3) is 21.1 Å². The van der Waals surface area contributed by atoms with E-state index in [2.05, 4.69) is 26.7 Å². The standard InChI is InChI=1S/C21H20N4O2S/c1-13(26)24-21-25-18-7-6-14(10-19(18)28-21)11-20(27)22-9-8-15-12-23-17-5-3-2-4-16(15)17/h2-7,10,12,23H,8-9,11H2,1H3,(H,22,27)(H,24,25,26). The van der Waals surface area contributed by atoms with E-state index in [4.69, 9.17) is 0 Å². The number of amides is 2. The van der Waals surface area contributed by atoms with Crippen molar-refractivity contribution < 1.29 is 9.59 Å². The lowest BCUT2D eigenvalue weighted by molar-refractivity contribution is -0.120. The van der Waals surface area contributed by atoms with Crippen molar-refractivity contribution in [2.24, 2.45) is 0 Å². The molecule has 2 heterocycles. The van der Waals surface area contributed by atoms with E-state index in [1.54, 1.807) is 0 Å². The fourth-order valence-electron chi connectivity index (χ4n) is 3.21. The van der Waals surface area contributed by atoms with Crippen LogP contribution in [0.4, 0.5) is 5.13 Å². The maximum atomic E-state index is 12.3. The SMILES string of the molecule is CC(=O)Nc1nc2ccc(CC(=O)NCCc3c[nH]c4ccccc34)cc2s1. The summed E-state index contributed by atoms with van der Waals surface area (Å²) in [5.74, 6) is -0.153. The van der Waals surface area contributed by atoms with Crippen LogP contribution in [0.5, 0.6) is 0 Å². The molecule has 4 aromatic rings. The smallest absolute Gasteiger partial charge is 0.224 e. The van der Waals surface area contributed by atoms with Crippen LogP contribution in [-0.2, 0) is 22.4 Å². The molecule has 2 amide bonds. The first-order valence-corrected chi connectivity index (χ1v) is 9.89. The van der Waals surface area contributed by atoms with E-state index in [9.17, 15) is 9.59 Å². The van der Waals surface area contributed by atoms with Crippen molar-refractivity contribution in [2.75, 3.05) is 11.9 Å². The molecule has 0 saturated carbocycles. The number of carbonyl (C=O) groups excluding carboxylic acids is 2. The quantitative estimate of drug-likeness (QED) is 0.468. The van der Waals surface area contributed by atoms with Crippen molar-refractivity contribution in [2.45, 2.75) is 19.8 Å². The number of para-hydroxylation sites is 1. The molecule has 0 bridgehead atoms. The lowest BCUT2D eigenvalue weighted by Crippen LogP contribution is -2.27. The number of rotatable bonds is 6. The molecule has 0 aliphatic rings. The van der Waals surface area contributed by atoms with Gasteiger partial charge in [-0.3, -0.25) is 9.59 Å². The number of anilines is 1. The van der Waals surface area contributed by atoms with Gasteiger partial charge in [-0.1, -0.05) is 35.6 Å². The highest BCUT2D eigenvalue weighted by Crippen LogP contribution is 2.27. The Morgan fingerprint density at radius 2 is 2.04 bits per heavy atom. The van der Waals surface area contributed by atoms with Crippen molar-refractivity contribution in [1.82, 2.24) is 15.3 Å². The summed E-state index contributed by atoms with van der Waals surface area (Å²) < 4.78 is 0.952. The zero-order valence-electron chi connectivity index (χ0n) is 15.4. The molecule has 2 aromatic heterocycles. The van der Waals surface area contributed by atoms with Gasteiger partial charge in [0.05, 0.1) is 16.6 Å². The van der Waals surface area contributed by atoms with E-state index in [-0.39, 0.29) is 11.8 Å². The minimum Gasteiger partial charge on any atom is -0.361 e. The number of aromatic amines is 1. The molecule has 0 spiro atoms. The molecule has 142 valence electrons. The van der Waals surface area contributed by atoms with Crippen LogP contribution >= 0.6 is 11.3 Å². The number of H-pyrrole nitrogens is 1. The minimum absolute atomic E-state index is 0.00853. The second-order valence-electron chi connectivity index (χ2n) is 6.64. The van der Waals surface area contributed by atoms with Gasteiger partial charge in [0.25, 0.3) is 0 Å². The number of aromatic nitrogens is 2. The maximum Gasteiger partial charge on any atom is 0.224 e. The van der Waals surface area contributed by atoms with Crippen molar-refractivity contribution >= 4 is 49.4 Å². The Kier molecular flexibility index (Phi) is 5.08. The Morgan fingerprint density at radius 3 is 2.89 bits per heavy atom. The van der Waals surface area contributed by atoms with Gasteiger partial charge >= 0.3 is 0 Å². The van der Waals surface area contributed by atoms with Crippen LogP contribution in [0.2, 0.25) is 0 Å². The Balaban J connectivity index is 1.34. The Bertz CT molecular complexity index is 1160. The molecule has 4 rings (SSSR count). The Morgan fingerprint density at radius 1 is 1.18 bits per heavy atom. The monoisotopic (exact) mass is 392 g/mol. The van der Waals surface area contributed by atoms with Crippen LogP contribution in [0.15, 0.2) is 48.7 Å². The molecule has 6 nitrogen and oxygen atoms in total. The molecular weight excluding hydrogens is 372 g/mol. The number of carbonyl (C=O) groups is 2. The molecule has 0 unspecified atom stereocenters. The highest BCUT2D eigenvalue weighted by molar-refractivity contribution is 7.22. The van der Waals surface area contributed by atoms with Gasteiger partial charge in [-0.05, 0) is 35.7 Å². The van der Waals surface area contributed by atoms with Crippen molar-refractivity contribution in [3.8, 4) is 0 Å². The molecule has 3 N–H and O–H groups in total. The number of thiazole rings is 1. The lowest BCUT2D eigenvalue weighted by atomic mass is 10.1. The second kappa shape index (κ2) is 7.82. The summed E-state index contributed by atoms with van der Waals surface area (Å²) >= 11 is 1.41. The number of fused-ring (bicyclic) bond motifs is 2. The van der Waals surface area contributed by atoms with Crippen molar-refractivity contribution in [1.29, 1.82) is 0 Å². The summed E-state index contributed by atoms with van der Waals surface area (Å²) in [7, 11) is 0. The number of benzene rings is 2. The van der Waals surface area contributed by atoms with Gasteiger partial charge in [0.2, 0.25) is 11.8 Å². The number of hydrogen-bond acceptors (Lipinski definition) is 4. The van der Waals surface area contributed by atoms with Crippen molar-refractivity contribution in [3.63, 3.8) is 0 Å². The zero-order chi connectivity index (χ0) is 19.5. The fourth-order valence-corrected chi connectivity index (χ4v) is 4.18. The van der Waals surface area contributed by atoms with E-state index in [0.717, 1.165) is 27.7 Å². The van der Waals surface area contributed by atoms with Gasteiger partial charge in [0, 0.05) is 30.6 Å². The molecular formula is C21H20N4O2S. The van der Waals surface area contributed by atoms with Crippen molar-refractivity contribution in [3.05, 3.63) is 59.8 Å². The number of nitrogens with zero attached hydrogens (tertiary/aromatic N) is 1.